The number of benzene rings is 1. The number of fused-ring (bicyclic) bond motifs is 2. The van der Waals surface area contributed by atoms with Crippen LogP contribution in [0.15, 0.2) is 42.1 Å². The zero-order chi connectivity index (χ0) is 33.3. The summed E-state index contributed by atoms with van der Waals surface area (Å²) in [5, 5.41) is 4.19. The summed E-state index contributed by atoms with van der Waals surface area (Å²) in [6.45, 7) is 9.62. The van der Waals surface area contributed by atoms with Gasteiger partial charge in [-0.05, 0) is 47.1 Å². The van der Waals surface area contributed by atoms with Gasteiger partial charge >= 0.3 is 11.9 Å². The Morgan fingerprint density at radius 1 is 1.11 bits per heavy atom. The summed E-state index contributed by atoms with van der Waals surface area (Å²) < 4.78 is 34.6. The van der Waals surface area contributed by atoms with Crippen molar-refractivity contribution in [2.45, 2.75) is 91.9 Å². The molecule has 0 bridgehead atoms. The number of nitrogens with one attached hydrogen (secondary N) is 2. The summed E-state index contributed by atoms with van der Waals surface area (Å²) in [5.74, 6) is -3.14. The maximum Gasteiger partial charge on any atom is 0.332 e. The number of methoxy groups -OCH3 is 1. The molecule has 15 heteroatoms. The summed E-state index contributed by atoms with van der Waals surface area (Å²) in [6, 6.07) is 6.02. The van der Waals surface area contributed by atoms with Crippen LogP contribution in [0.3, 0.4) is 0 Å². The van der Waals surface area contributed by atoms with E-state index in [4.69, 9.17) is 9.47 Å². The highest BCUT2D eigenvalue weighted by molar-refractivity contribution is 8.01. The molecule has 2 N–H and O–H groups in total. The zero-order valence-corrected chi connectivity index (χ0v) is 27.8. The Labute approximate surface area is 266 Å². The number of hydrogen-bond donors (Lipinski definition) is 2. The lowest BCUT2D eigenvalue weighted by Gasteiger charge is -2.53. The molecule has 13 nitrogen and oxygen atoms in total. The average molecular weight is 663 g/mol. The van der Waals surface area contributed by atoms with E-state index < -0.39 is 84.0 Å². The van der Waals surface area contributed by atoms with Crippen molar-refractivity contribution < 1.29 is 41.9 Å². The maximum absolute atomic E-state index is 14.1. The normalized spacial score (nSPS) is 31.1. The number of rotatable bonds is 9. The summed E-state index contributed by atoms with van der Waals surface area (Å²) in [7, 11) is -2.63. The quantitative estimate of drug-likeness (QED) is 0.220. The van der Waals surface area contributed by atoms with Gasteiger partial charge in [-0.15, -0.1) is 11.8 Å². The molecule has 2 unspecified atom stereocenters. The maximum atomic E-state index is 14.1. The van der Waals surface area contributed by atoms with Crippen molar-refractivity contribution in [3.05, 3.63) is 47.7 Å². The molecule has 4 aliphatic heterocycles. The number of amides is 3. The Morgan fingerprint density at radius 3 is 2.36 bits per heavy atom. The van der Waals surface area contributed by atoms with Crippen LogP contribution in [0.25, 0.3) is 0 Å². The molecular formula is C30H38N4O9S2. The lowest BCUT2D eigenvalue weighted by Crippen LogP contribution is -2.81. The van der Waals surface area contributed by atoms with Gasteiger partial charge in [-0.1, -0.05) is 30.3 Å². The molecule has 0 radical (unpaired) electrons. The number of carbonyl (C=O) groups excluding carboxylic acids is 5. The number of hydrogen-bond acceptors (Lipinski definition) is 11. The molecule has 6 atom stereocenters. The van der Waals surface area contributed by atoms with Crippen LogP contribution in [0, 0.1) is 0 Å². The molecular weight excluding hydrogens is 624 g/mol. The second-order valence-electron chi connectivity index (χ2n) is 12.9. The van der Waals surface area contributed by atoms with Gasteiger partial charge in [0.25, 0.3) is 5.91 Å². The van der Waals surface area contributed by atoms with Crippen molar-refractivity contribution in [1.29, 1.82) is 0 Å². The zero-order valence-electron chi connectivity index (χ0n) is 26.2. The number of nitrogens with zero attached hydrogens (tertiary/aromatic N) is 2. The highest BCUT2D eigenvalue weighted by Gasteiger charge is 2.72. The van der Waals surface area contributed by atoms with Crippen molar-refractivity contribution in [2.24, 2.45) is 0 Å². The fourth-order valence-corrected chi connectivity index (χ4v) is 10.2. The SMILES string of the molecule is COC(=O)C=C(C)NC(C(=O)NC1(COC(=O)[C@@H]2N3C(=O)C[C@H]3S(=O)(=O)C2(C)C)C(=O)N2[C@@H](C)C(C)(C)S[C@@H]21)c1ccccc1. The second-order valence-corrected chi connectivity index (χ2v) is 17.3. The Hall–Kier alpha value is -3.59. The summed E-state index contributed by atoms with van der Waals surface area (Å²) in [4.78, 5) is 68.6. The van der Waals surface area contributed by atoms with Crippen LogP contribution in [0.5, 0.6) is 0 Å². The van der Waals surface area contributed by atoms with E-state index in [9.17, 15) is 32.4 Å². The minimum absolute atomic E-state index is 0.201. The molecule has 0 aromatic heterocycles. The van der Waals surface area contributed by atoms with Crippen LogP contribution in [-0.4, -0.2) is 99.5 Å². The van der Waals surface area contributed by atoms with E-state index >= 15 is 0 Å². The van der Waals surface area contributed by atoms with Crippen LogP contribution in [-0.2, 0) is 43.3 Å². The standard InChI is InChI=1S/C30H38N4O9S2/c1-16(13-21(36)42-7)31-22(18-11-9-8-10-12-18)24(37)32-30(26(39)33-17(2)28(3,4)44-27(30)33)15-43-25(38)23-29(5,6)45(40,41)20-14-19(35)34(20)23/h8-13,17,20,22-23,27,31H,14-15H2,1-7H3,(H,32,37)/t17-,20+,22?,23-,27+,30?/m0/s1. The van der Waals surface area contributed by atoms with Crippen LogP contribution in [0.4, 0.5) is 0 Å². The number of sulfone groups is 1. The second kappa shape index (κ2) is 11.0. The Balaban J connectivity index is 1.46. The predicted octanol–water partition coefficient (Wildman–Crippen LogP) is 1.01. The van der Waals surface area contributed by atoms with Gasteiger partial charge in [-0.25, -0.2) is 18.0 Å². The van der Waals surface area contributed by atoms with Gasteiger partial charge in [-0.2, -0.15) is 0 Å². The molecule has 0 spiro atoms. The summed E-state index contributed by atoms with van der Waals surface area (Å²) in [6.07, 6.45) is 0.988. The van der Waals surface area contributed by atoms with Crippen molar-refractivity contribution in [3.8, 4) is 0 Å². The van der Waals surface area contributed by atoms with Gasteiger partial charge in [0, 0.05) is 22.6 Å². The van der Waals surface area contributed by atoms with Crippen LogP contribution < -0.4 is 10.6 Å². The fraction of sp³-hybridized carbons (Fsp3) is 0.567. The largest absolute Gasteiger partial charge is 0.466 e. The molecule has 244 valence electrons. The lowest BCUT2D eigenvalue weighted by molar-refractivity contribution is -0.174. The molecule has 4 saturated heterocycles. The summed E-state index contributed by atoms with van der Waals surface area (Å²) >= 11 is 1.45. The van der Waals surface area contributed by atoms with Gasteiger partial charge in [0.1, 0.15) is 29.4 Å². The number of allylic oxidation sites excluding steroid dienone is 1. The molecule has 5 rings (SSSR count). The van der Waals surface area contributed by atoms with Crippen molar-refractivity contribution in [1.82, 2.24) is 20.4 Å². The van der Waals surface area contributed by atoms with E-state index in [1.807, 2.05) is 20.8 Å². The molecule has 4 fully saturated rings. The van der Waals surface area contributed by atoms with Gasteiger partial charge in [0.05, 0.1) is 18.3 Å². The smallest absolute Gasteiger partial charge is 0.332 e. The number of thioether (sulfide) groups is 1. The highest BCUT2D eigenvalue weighted by atomic mass is 32.2. The Morgan fingerprint density at radius 2 is 1.76 bits per heavy atom. The third kappa shape index (κ3) is 4.98. The molecule has 1 aromatic rings. The van der Waals surface area contributed by atoms with E-state index in [-0.39, 0.29) is 12.5 Å². The average Bonchev–Trinajstić information content (AvgIpc) is 3.27. The van der Waals surface area contributed by atoms with Crippen LogP contribution in [0.2, 0.25) is 0 Å². The van der Waals surface area contributed by atoms with Gasteiger partial charge in [0.15, 0.2) is 15.4 Å². The molecule has 4 heterocycles. The fourth-order valence-electron chi connectivity index (χ4n) is 6.37. The van der Waals surface area contributed by atoms with E-state index in [2.05, 4.69) is 10.6 Å². The summed E-state index contributed by atoms with van der Waals surface area (Å²) in [5.41, 5.74) is -0.818. The van der Waals surface area contributed by atoms with Crippen LogP contribution >= 0.6 is 11.8 Å². The first-order chi connectivity index (χ1) is 20.9. The molecule has 0 aliphatic carbocycles. The first-order valence-electron chi connectivity index (χ1n) is 14.5. The predicted molar refractivity (Wildman–Crippen MR) is 164 cm³/mol. The Bertz CT molecular complexity index is 1590. The van der Waals surface area contributed by atoms with Gasteiger partial charge in [-0.3, -0.25) is 14.4 Å². The highest BCUT2D eigenvalue weighted by Crippen LogP contribution is 2.55. The first-order valence-corrected chi connectivity index (χ1v) is 16.9. The minimum atomic E-state index is -3.86. The molecule has 3 amide bonds. The number of esters is 2. The van der Waals surface area contributed by atoms with Crippen molar-refractivity contribution >= 4 is 51.3 Å². The van der Waals surface area contributed by atoms with E-state index in [0.29, 0.717) is 11.3 Å². The van der Waals surface area contributed by atoms with Crippen molar-refractivity contribution in [3.63, 3.8) is 0 Å². The number of carbonyl (C=O) groups is 5. The minimum Gasteiger partial charge on any atom is -0.466 e. The van der Waals surface area contributed by atoms with Gasteiger partial charge in [0.2, 0.25) is 11.8 Å². The van der Waals surface area contributed by atoms with Crippen molar-refractivity contribution in [2.75, 3.05) is 13.7 Å². The molecule has 1 aromatic carbocycles. The van der Waals surface area contributed by atoms with E-state index in [1.165, 1.54) is 38.8 Å². The lowest BCUT2D eigenvalue weighted by atomic mass is 9.84. The van der Waals surface area contributed by atoms with Crippen LogP contribution in [0.1, 0.15) is 59.6 Å². The number of ether oxygens (including phenoxy) is 2. The topological polar surface area (TPSA) is 168 Å². The molecule has 0 saturated carbocycles. The monoisotopic (exact) mass is 662 g/mol. The molecule has 4 aliphatic rings. The Kier molecular flexibility index (Phi) is 8.04. The third-order valence-electron chi connectivity index (χ3n) is 9.42. The van der Waals surface area contributed by atoms with E-state index in [0.717, 1.165) is 4.90 Å². The molecule has 45 heavy (non-hydrogen) atoms. The van der Waals surface area contributed by atoms with Gasteiger partial charge < -0.3 is 29.9 Å². The van der Waals surface area contributed by atoms with E-state index in [1.54, 1.807) is 42.2 Å². The third-order valence-corrected chi connectivity index (χ3v) is 14.0. The number of β-lactam (4-membered cyclic amide) rings is 2. The first kappa shape index (κ1) is 32.8.